The number of nitrogens with one attached hydrogen (secondary N) is 1. The van der Waals surface area contributed by atoms with Gasteiger partial charge in [-0.05, 0) is 55.3 Å². The summed E-state index contributed by atoms with van der Waals surface area (Å²) in [6.07, 6.45) is 5.62. The van der Waals surface area contributed by atoms with E-state index in [0.29, 0.717) is 11.5 Å². The minimum absolute atomic E-state index is 0.101. The normalized spacial score (nSPS) is 23.0. The lowest BCUT2D eigenvalue weighted by Gasteiger charge is -2.44. The van der Waals surface area contributed by atoms with Gasteiger partial charge < -0.3 is 5.32 Å². The molecule has 0 amide bonds. The highest BCUT2D eigenvalue weighted by atomic mass is 19.1. The quantitative estimate of drug-likeness (QED) is 0.785. The molecule has 1 N–H and O–H groups in total. The predicted octanol–water partition coefficient (Wildman–Crippen LogP) is 5.22. The molecule has 21 heavy (non-hydrogen) atoms. The second-order valence-electron chi connectivity index (χ2n) is 6.94. The fourth-order valence-corrected chi connectivity index (χ4v) is 3.66. The topological polar surface area (TPSA) is 12.0 Å². The Labute approximate surface area is 127 Å². The van der Waals surface area contributed by atoms with Crippen LogP contribution in [0.1, 0.15) is 64.5 Å². The van der Waals surface area contributed by atoms with Gasteiger partial charge in [0, 0.05) is 11.6 Å². The van der Waals surface area contributed by atoms with Crippen LogP contribution in [0.4, 0.5) is 8.78 Å². The Morgan fingerprint density at radius 3 is 2.71 bits per heavy atom. The van der Waals surface area contributed by atoms with Crippen molar-refractivity contribution in [3.8, 4) is 0 Å². The fraction of sp³-hybridized carbons (Fsp3) is 0.667. The van der Waals surface area contributed by atoms with Crippen LogP contribution < -0.4 is 5.32 Å². The number of hydrogen-bond donors (Lipinski definition) is 1. The van der Waals surface area contributed by atoms with Gasteiger partial charge in [-0.2, -0.15) is 0 Å². The van der Waals surface area contributed by atoms with E-state index in [1.54, 1.807) is 0 Å². The SMILES string of the molecule is CCCNC(c1cc(F)ccc1F)C1CCCCC1(C)C. The second kappa shape index (κ2) is 6.87. The van der Waals surface area contributed by atoms with Crippen LogP contribution in [-0.2, 0) is 0 Å². The fourth-order valence-electron chi connectivity index (χ4n) is 3.66. The molecular weight excluding hydrogens is 268 g/mol. The van der Waals surface area contributed by atoms with Crippen LogP contribution in [-0.4, -0.2) is 6.54 Å². The summed E-state index contributed by atoms with van der Waals surface area (Å²) >= 11 is 0. The minimum atomic E-state index is -0.358. The molecule has 2 rings (SSSR count). The highest BCUT2D eigenvalue weighted by Crippen LogP contribution is 2.47. The zero-order valence-electron chi connectivity index (χ0n) is 13.4. The summed E-state index contributed by atoms with van der Waals surface area (Å²) in [6.45, 7) is 7.44. The molecule has 0 heterocycles. The average Bonchev–Trinajstić information content (AvgIpc) is 2.44. The summed E-state index contributed by atoms with van der Waals surface area (Å²) in [7, 11) is 0. The molecule has 1 fully saturated rings. The third kappa shape index (κ3) is 3.82. The molecule has 0 radical (unpaired) electrons. The van der Waals surface area contributed by atoms with Crippen molar-refractivity contribution >= 4 is 0 Å². The lowest BCUT2D eigenvalue weighted by Crippen LogP contribution is -2.39. The molecular formula is C18H27F2N. The lowest BCUT2D eigenvalue weighted by atomic mass is 9.64. The Balaban J connectivity index is 2.35. The van der Waals surface area contributed by atoms with Gasteiger partial charge in [0.15, 0.2) is 0 Å². The summed E-state index contributed by atoms with van der Waals surface area (Å²) < 4.78 is 27.8. The van der Waals surface area contributed by atoms with Crippen molar-refractivity contribution in [1.29, 1.82) is 0 Å². The highest BCUT2D eigenvalue weighted by molar-refractivity contribution is 5.24. The van der Waals surface area contributed by atoms with E-state index >= 15 is 0 Å². The molecule has 0 aromatic heterocycles. The maximum absolute atomic E-state index is 14.2. The maximum Gasteiger partial charge on any atom is 0.128 e. The third-order valence-corrected chi connectivity index (χ3v) is 4.90. The summed E-state index contributed by atoms with van der Waals surface area (Å²) in [4.78, 5) is 0. The first kappa shape index (κ1) is 16.4. The van der Waals surface area contributed by atoms with Crippen molar-refractivity contribution in [1.82, 2.24) is 5.32 Å². The molecule has 1 aromatic rings. The molecule has 1 aliphatic rings. The van der Waals surface area contributed by atoms with Crippen molar-refractivity contribution in [3.05, 3.63) is 35.4 Å². The monoisotopic (exact) mass is 295 g/mol. The predicted molar refractivity (Wildman–Crippen MR) is 83.1 cm³/mol. The van der Waals surface area contributed by atoms with E-state index in [1.807, 2.05) is 0 Å². The summed E-state index contributed by atoms with van der Waals surface area (Å²) in [6, 6.07) is 3.71. The summed E-state index contributed by atoms with van der Waals surface area (Å²) in [5.74, 6) is -0.316. The number of benzene rings is 1. The van der Waals surface area contributed by atoms with Crippen LogP contribution in [0.2, 0.25) is 0 Å². The molecule has 1 aliphatic carbocycles. The molecule has 0 aliphatic heterocycles. The van der Waals surface area contributed by atoms with E-state index in [2.05, 4.69) is 26.1 Å². The summed E-state index contributed by atoms with van der Waals surface area (Å²) in [5, 5.41) is 3.47. The number of hydrogen-bond acceptors (Lipinski definition) is 1. The van der Waals surface area contributed by atoms with E-state index in [1.165, 1.54) is 31.0 Å². The van der Waals surface area contributed by atoms with Crippen LogP contribution in [0.15, 0.2) is 18.2 Å². The van der Waals surface area contributed by atoms with Crippen molar-refractivity contribution in [2.75, 3.05) is 6.54 Å². The van der Waals surface area contributed by atoms with Gasteiger partial charge in [0.2, 0.25) is 0 Å². The molecule has 2 unspecified atom stereocenters. The molecule has 1 saturated carbocycles. The lowest BCUT2D eigenvalue weighted by molar-refractivity contribution is 0.0966. The first-order chi connectivity index (χ1) is 9.95. The largest absolute Gasteiger partial charge is 0.310 e. The Morgan fingerprint density at radius 1 is 1.29 bits per heavy atom. The molecule has 0 saturated heterocycles. The van der Waals surface area contributed by atoms with Crippen molar-refractivity contribution in [2.45, 2.75) is 58.9 Å². The van der Waals surface area contributed by atoms with Gasteiger partial charge in [0.25, 0.3) is 0 Å². The van der Waals surface area contributed by atoms with Gasteiger partial charge in [-0.1, -0.05) is 33.6 Å². The molecule has 0 spiro atoms. The van der Waals surface area contributed by atoms with Crippen molar-refractivity contribution in [3.63, 3.8) is 0 Å². The van der Waals surface area contributed by atoms with Crippen LogP contribution in [0.25, 0.3) is 0 Å². The Morgan fingerprint density at radius 2 is 2.05 bits per heavy atom. The van der Waals surface area contributed by atoms with Crippen LogP contribution in [0.5, 0.6) is 0 Å². The molecule has 1 aromatic carbocycles. The van der Waals surface area contributed by atoms with Crippen LogP contribution in [0, 0.1) is 23.0 Å². The van der Waals surface area contributed by atoms with Gasteiger partial charge >= 0.3 is 0 Å². The maximum atomic E-state index is 14.2. The molecule has 3 heteroatoms. The minimum Gasteiger partial charge on any atom is -0.310 e. The Bertz CT molecular complexity index is 470. The average molecular weight is 295 g/mol. The second-order valence-corrected chi connectivity index (χ2v) is 6.94. The number of rotatable bonds is 5. The van der Waals surface area contributed by atoms with E-state index < -0.39 is 0 Å². The van der Waals surface area contributed by atoms with Gasteiger partial charge in [0.1, 0.15) is 11.6 Å². The van der Waals surface area contributed by atoms with E-state index in [-0.39, 0.29) is 23.1 Å². The highest BCUT2D eigenvalue weighted by Gasteiger charge is 2.38. The van der Waals surface area contributed by atoms with Crippen molar-refractivity contribution in [2.24, 2.45) is 11.3 Å². The van der Waals surface area contributed by atoms with Gasteiger partial charge in [-0.3, -0.25) is 0 Å². The molecule has 118 valence electrons. The smallest absolute Gasteiger partial charge is 0.128 e. The first-order valence-corrected chi connectivity index (χ1v) is 8.14. The van der Waals surface area contributed by atoms with E-state index in [9.17, 15) is 8.78 Å². The van der Waals surface area contributed by atoms with Gasteiger partial charge in [-0.25, -0.2) is 8.78 Å². The third-order valence-electron chi connectivity index (χ3n) is 4.90. The van der Waals surface area contributed by atoms with E-state index in [0.717, 1.165) is 25.8 Å². The van der Waals surface area contributed by atoms with Crippen LogP contribution >= 0.6 is 0 Å². The zero-order chi connectivity index (χ0) is 15.5. The van der Waals surface area contributed by atoms with Gasteiger partial charge in [-0.15, -0.1) is 0 Å². The Hall–Kier alpha value is -0.960. The zero-order valence-corrected chi connectivity index (χ0v) is 13.4. The van der Waals surface area contributed by atoms with Gasteiger partial charge in [0.05, 0.1) is 0 Å². The Kier molecular flexibility index (Phi) is 5.37. The number of halogens is 2. The summed E-state index contributed by atoms with van der Waals surface area (Å²) in [5.41, 5.74) is 0.644. The molecule has 2 atom stereocenters. The first-order valence-electron chi connectivity index (χ1n) is 8.14. The standard InChI is InChI=1S/C18H27F2N/c1-4-11-21-17(14-12-13(19)8-9-16(14)20)15-7-5-6-10-18(15,2)3/h8-9,12,15,17,21H,4-7,10-11H2,1-3H3. The van der Waals surface area contributed by atoms with Crippen molar-refractivity contribution < 1.29 is 8.78 Å². The van der Waals surface area contributed by atoms with E-state index in [4.69, 9.17) is 0 Å². The molecule has 1 nitrogen and oxygen atoms in total. The van der Waals surface area contributed by atoms with Crippen LogP contribution in [0.3, 0.4) is 0 Å². The molecule has 0 bridgehead atoms.